The van der Waals surface area contributed by atoms with E-state index in [9.17, 15) is 9.90 Å². The standard InChI is InChI=1S/C19H23N3O2/c23-17-7-3-6-16(17)21-10-12-22(13-11-21)19(24)18-15-5-2-1-4-14(15)8-9-20-18/h1-2,4-5,8-9,16-17,23H,3,6-7,10-13H2/t16-,17-/m0/s1. The average molecular weight is 325 g/mol. The highest BCUT2D eigenvalue weighted by atomic mass is 16.3. The molecule has 4 rings (SSSR count). The number of hydrogen-bond acceptors (Lipinski definition) is 4. The number of hydrogen-bond donors (Lipinski definition) is 1. The summed E-state index contributed by atoms with van der Waals surface area (Å²) in [4.78, 5) is 21.5. The van der Waals surface area contributed by atoms with E-state index in [0.717, 1.165) is 43.1 Å². The van der Waals surface area contributed by atoms with Crippen LogP contribution in [0.5, 0.6) is 0 Å². The fourth-order valence-corrected chi connectivity index (χ4v) is 4.04. The van der Waals surface area contributed by atoms with Gasteiger partial charge in [-0.05, 0) is 30.7 Å². The molecule has 1 saturated carbocycles. The molecule has 1 aliphatic heterocycles. The lowest BCUT2D eigenvalue weighted by Crippen LogP contribution is -2.53. The molecule has 24 heavy (non-hydrogen) atoms. The van der Waals surface area contributed by atoms with Gasteiger partial charge >= 0.3 is 0 Å². The van der Waals surface area contributed by atoms with Gasteiger partial charge in [-0.15, -0.1) is 0 Å². The zero-order valence-corrected chi connectivity index (χ0v) is 13.8. The molecule has 1 aliphatic carbocycles. The van der Waals surface area contributed by atoms with Crippen molar-refractivity contribution in [3.63, 3.8) is 0 Å². The quantitative estimate of drug-likeness (QED) is 0.916. The van der Waals surface area contributed by atoms with Gasteiger partial charge in [0, 0.05) is 43.8 Å². The first-order valence-corrected chi connectivity index (χ1v) is 8.79. The number of fused-ring (bicyclic) bond motifs is 1. The topological polar surface area (TPSA) is 56.7 Å². The van der Waals surface area contributed by atoms with Crippen molar-refractivity contribution in [2.24, 2.45) is 0 Å². The molecule has 1 N–H and O–H groups in total. The number of aliphatic hydroxyl groups excluding tert-OH is 1. The van der Waals surface area contributed by atoms with Crippen LogP contribution in [0.15, 0.2) is 36.5 Å². The van der Waals surface area contributed by atoms with Crippen molar-refractivity contribution in [2.75, 3.05) is 26.2 Å². The number of carbonyl (C=O) groups is 1. The van der Waals surface area contributed by atoms with Crippen LogP contribution in [0, 0.1) is 0 Å². The third kappa shape index (κ3) is 2.78. The first-order valence-electron chi connectivity index (χ1n) is 8.79. The molecule has 1 aromatic carbocycles. The van der Waals surface area contributed by atoms with Crippen molar-refractivity contribution in [1.82, 2.24) is 14.8 Å². The molecule has 2 heterocycles. The van der Waals surface area contributed by atoms with E-state index in [1.165, 1.54) is 0 Å². The van der Waals surface area contributed by atoms with Crippen LogP contribution in [0.1, 0.15) is 29.8 Å². The van der Waals surface area contributed by atoms with Crippen LogP contribution in [0.4, 0.5) is 0 Å². The molecule has 0 radical (unpaired) electrons. The molecule has 2 atom stereocenters. The molecule has 0 bridgehead atoms. The lowest BCUT2D eigenvalue weighted by atomic mass is 10.1. The van der Waals surface area contributed by atoms with E-state index in [2.05, 4.69) is 9.88 Å². The second-order valence-corrected chi connectivity index (χ2v) is 6.77. The van der Waals surface area contributed by atoms with E-state index < -0.39 is 0 Å². The minimum atomic E-state index is -0.202. The van der Waals surface area contributed by atoms with Crippen LogP contribution in [0.25, 0.3) is 10.8 Å². The van der Waals surface area contributed by atoms with Crippen molar-refractivity contribution >= 4 is 16.7 Å². The molecular weight excluding hydrogens is 302 g/mol. The Bertz CT molecular complexity index is 735. The van der Waals surface area contributed by atoms with Crippen LogP contribution >= 0.6 is 0 Å². The maximum atomic E-state index is 12.9. The van der Waals surface area contributed by atoms with Gasteiger partial charge in [0.05, 0.1) is 6.10 Å². The van der Waals surface area contributed by atoms with Crippen LogP contribution in [0.3, 0.4) is 0 Å². The van der Waals surface area contributed by atoms with Gasteiger partial charge in [0.15, 0.2) is 0 Å². The van der Waals surface area contributed by atoms with Gasteiger partial charge < -0.3 is 10.0 Å². The SMILES string of the molecule is O=C(c1nccc2ccccc12)N1CCN([C@H]2CCC[C@@H]2O)CC1. The first kappa shape index (κ1) is 15.5. The summed E-state index contributed by atoms with van der Waals surface area (Å²) in [5.41, 5.74) is 0.544. The zero-order valence-electron chi connectivity index (χ0n) is 13.8. The van der Waals surface area contributed by atoms with E-state index in [1.807, 2.05) is 35.2 Å². The summed E-state index contributed by atoms with van der Waals surface area (Å²) < 4.78 is 0. The number of rotatable bonds is 2. The second kappa shape index (κ2) is 6.49. The number of piperazine rings is 1. The monoisotopic (exact) mass is 325 g/mol. The average Bonchev–Trinajstić information content (AvgIpc) is 3.07. The minimum Gasteiger partial charge on any atom is -0.391 e. The lowest BCUT2D eigenvalue weighted by molar-refractivity contribution is 0.0314. The lowest BCUT2D eigenvalue weighted by Gasteiger charge is -2.39. The molecular formula is C19H23N3O2. The van der Waals surface area contributed by atoms with Crippen LogP contribution in [-0.2, 0) is 0 Å². The Kier molecular flexibility index (Phi) is 4.21. The Balaban J connectivity index is 1.48. The summed E-state index contributed by atoms with van der Waals surface area (Å²) in [5, 5.41) is 12.0. The second-order valence-electron chi connectivity index (χ2n) is 6.77. The van der Waals surface area contributed by atoms with Gasteiger partial charge in [0.2, 0.25) is 0 Å². The summed E-state index contributed by atoms with van der Waals surface area (Å²) in [6, 6.07) is 10.1. The molecule has 5 nitrogen and oxygen atoms in total. The highest BCUT2D eigenvalue weighted by Gasteiger charge is 2.33. The van der Waals surface area contributed by atoms with Gasteiger partial charge in [0.1, 0.15) is 5.69 Å². The van der Waals surface area contributed by atoms with Crippen molar-refractivity contribution in [2.45, 2.75) is 31.4 Å². The van der Waals surface area contributed by atoms with Crippen LogP contribution in [-0.4, -0.2) is 64.1 Å². The third-order valence-electron chi connectivity index (χ3n) is 5.39. The summed E-state index contributed by atoms with van der Waals surface area (Å²) in [6.07, 6.45) is 4.59. The van der Waals surface area contributed by atoms with Crippen molar-refractivity contribution in [3.8, 4) is 0 Å². The molecule has 1 amide bonds. The molecule has 5 heteroatoms. The number of nitrogens with zero attached hydrogens (tertiary/aromatic N) is 3. The number of aliphatic hydroxyl groups is 1. The Morgan fingerprint density at radius 2 is 1.88 bits per heavy atom. The van der Waals surface area contributed by atoms with E-state index in [1.54, 1.807) is 6.20 Å². The maximum absolute atomic E-state index is 12.9. The predicted octanol–water partition coefficient (Wildman–Crippen LogP) is 1.91. The maximum Gasteiger partial charge on any atom is 0.273 e. The molecule has 2 fully saturated rings. The molecule has 1 saturated heterocycles. The number of benzene rings is 1. The Labute approximate surface area is 141 Å². The predicted molar refractivity (Wildman–Crippen MR) is 92.9 cm³/mol. The van der Waals surface area contributed by atoms with E-state index >= 15 is 0 Å². The van der Waals surface area contributed by atoms with Crippen LogP contribution < -0.4 is 0 Å². The third-order valence-corrected chi connectivity index (χ3v) is 5.39. The van der Waals surface area contributed by atoms with Crippen molar-refractivity contribution < 1.29 is 9.90 Å². The van der Waals surface area contributed by atoms with Crippen LogP contribution in [0.2, 0.25) is 0 Å². The first-order chi connectivity index (χ1) is 11.7. The van der Waals surface area contributed by atoms with Crippen molar-refractivity contribution in [3.05, 3.63) is 42.2 Å². The largest absolute Gasteiger partial charge is 0.391 e. The fraction of sp³-hybridized carbons (Fsp3) is 0.474. The number of aromatic nitrogens is 1. The molecule has 1 aromatic heterocycles. The van der Waals surface area contributed by atoms with E-state index in [0.29, 0.717) is 18.8 Å². The summed E-state index contributed by atoms with van der Waals surface area (Å²) in [7, 11) is 0. The molecule has 0 unspecified atom stereocenters. The molecule has 126 valence electrons. The number of amides is 1. The van der Waals surface area contributed by atoms with E-state index in [-0.39, 0.29) is 18.1 Å². The Hall–Kier alpha value is -1.98. The van der Waals surface area contributed by atoms with Gasteiger partial charge in [0.25, 0.3) is 5.91 Å². The summed E-state index contributed by atoms with van der Waals surface area (Å²) in [6.45, 7) is 3.07. The minimum absolute atomic E-state index is 0.0124. The van der Waals surface area contributed by atoms with Gasteiger partial charge in [-0.2, -0.15) is 0 Å². The van der Waals surface area contributed by atoms with Gasteiger partial charge in [-0.1, -0.05) is 24.3 Å². The molecule has 2 aliphatic rings. The van der Waals surface area contributed by atoms with Gasteiger partial charge in [-0.25, -0.2) is 0 Å². The summed E-state index contributed by atoms with van der Waals surface area (Å²) >= 11 is 0. The number of carbonyl (C=O) groups excluding carboxylic acids is 1. The Morgan fingerprint density at radius 3 is 2.62 bits per heavy atom. The number of pyridine rings is 1. The smallest absolute Gasteiger partial charge is 0.273 e. The van der Waals surface area contributed by atoms with Gasteiger partial charge in [-0.3, -0.25) is 14.7 Å². The fourth-order valence-electron chi connectivity index (χ4n) is 4.04. The molecule has 2 aromatic rings. The Morgan fingerprint density at radius 1 is 1.08 bits per heavy atom. The summed E-state index contributed by atoms with van der Waals surface area (Å²) in [5.74, 6) is 0.0124. The highest BCUT2D eigenvalue weighted by Crippen LogP contribution is 2.25. The normalized spacial score (nSPS) is 25.3. The zero-order chi connectivity index (χ0) is 16.5. The van der Waals surface area contributed by atoms with Crippen molar-refractivity contribution in [1.29, 1.82) is 0 Å². The highest BCUT2D eigenvalue weighted by molar-refractivity contribution is 6.05. The molecule has 0 spiro atoms. The van der Waals surface area contributed by atoms with E-state index in [4.69, 9.17) is 0 Å².